The van der Waals surface area contributed by atoms with Gasteiger partial charge >= 0.3 is 0 Å². The summed E-state index contributed by atoms with van der Waals surface area (Å²) in [4.78, 5) is 6.77. The molecule has 0 radical (unpaired) electrons. The molecule has 3 rings (SSSR count). The summed E-state index contributed by atoms with van der Waals surface area (Å²) < 4.78 is 25.4. The maximum absolute atomic E-state index is 11.7. The molecule has 0 aliphatic carbocycles. The molecule has 5 nitrogen and oxygen atoms in total. The Morgan fingerprint density at radius 1 is 1.45 bits per heavy atom. The van der Waals surface area contributed by atoms with Gasteiger partial charge in [0.05, 0.1) is 17.2 Å². The fraction of sp³-hybridized carbons (Fsp3) is 0.462. The quantitative estimate of drug-likeness (QED) is 0.769. The largest absolute Gasteiger partial charge is 0.350 e. The lowest BCUT2D eigenvalue weighted by atomic mass is 10.3. The van der Waals surface area contributed by atoms with Gasteiger partial charge < -0.3 is 9.30 Å². The van der Waals surface area contributed by atoms with Crippen molar-refractivity contribution in [3.63, 3.8) is 0 Å². The molecule has 3 heterocycles. The first-order chi connectivity index (χ1) is 9.52. The first-order valence-corrected chi connectivity index (χ1v) is 9.45. The van der Waals surface area contributed by atoms with Crippen LogP contribution in [-0.4, -0.2) is 41.9 Å². The van der Waals surface area contributed by atoms with E-state index in [4.69, 9.17) is 0 Å². The van der Waals surface area contributed by atoms with Crippen molar-refractivity contribution in [1.29, 1.82) is 0 Å². The van der Waals surface area contributed by atoms with Crippen molar-refractivity contribution < 1.29 is 8.42 Å². The molecule has 0 aromatic carbocycles. The van der Waals surface area contributed by atoms with Gasteiger partial charge in [0.2, 0.25) is 0 Å². The highest BCUT2D eigenvalue weighted by Gasteiger charge is 2.31. The van der Waals surface area contributed by atoms with E-state index < -0.39 is 9.84 Å². The number of rotatable bonds is 2. The number of fused-ring (bicyclic) bond motifs is 1. The van der Waals surface area contributed by atoms with Gasteiger partial charge in [0.15, 0.2) is 15.7 Å². The van der Waals surface area contributed by atoms with Crippen LogP contribution >= 0.6 is 15.9 Å². The Morgan fingerprint density at radius 2 is 2.25 bits per heavy atom. The number of hydrogen-bond acceptors (Lipinski definition) is 4. The average molecular weight is 358 g/mol. The lowest BCUT2D eigenvalue weighted by Crippen LogP contribution is -2.47. The monoisotopic (exact) mass is 357 g/mol. The number of pyridine rings is 1. The minimum absolute atomic E-state index is 0.0449. The Kier molecular flexibility index (Phi) is 3.50. The molecule has 2 aromatic heterocycles. The van der Waals surface area contributed by atoms with E-state index in [0.29, 0.717) is 11.9 Å². The third-order valence-corrected chi connectivity index (χ3v) is 6.00. The molecule has 20 heavy (non-hydrogen) atoms. The number of alkyl halides is 1. The molecule has 2 aromatic rings. The highest BCUT2D eigenvalue weighted by Crippen LogP contribution is 2.27. The molecular formula is C13H16BrN3O2S. The zero-order chi connectivity index (χ0) is 14.3. The standard InChI is InChI=1S/C13H16BrN3O2S/c1-10-9-20(18,19)7-6-16(10)13-11(8-14)17-5-3-2-4-12(17)15-13/h2-5,10H,6-9H2,1H3. The lowest BCUT2D eigenvalue weighted by molar-refractivity contribution is 0.566. The van der Waals surface area contributed by atoms with Crippen LogP contribution in [0.25, 0.3) is 5.65 Å². The number of sulfone groups is 1. The smallest absolute Gasteiger partial charge is 0.154 e. The van der Waals surface area contributed by atoms with Crippen LogP contribution < -0.4 is 4.90 Å². The summed E-state index contributed by atoms with van der Waals surface area (Å²) >= 11 is 3.51. The van der Waals surface area contributed by atoms with Crippen LogP contribution in [0.1, 0.15) is 12.6 Å². The van der Waals surface area contributed by atoms with Crippen LogP contribution in [0.3, 0.4) is 0 Å². The molecule has 1 aliphatic rings. The SMILES string of the molecule is CC1CS(=O)(=O)CCN1c1nc2ccccn2c1CBr. The molecule has 0 saturated carbocycles. The summed E-state index contributed by atoms with van der Waals surface area (Å²) in [6.45, 7) is 2.45. The Balaban J connectivity index is 2.06. The van der Waals surface area contributed by atoms with Crippen molar-refractivity contribution in [2.75, 3.05) is 23.0 Å². The molecule has 108 valence electrons. The van der Waals surface area contributed by atoms with Gasteiger partial charge in [-0.25, -0.2) is 13.4 Å². The van der Waals surface area contributed by atoms with Crippen LogP contribution in [0.5, 0.6) is 0 Å². The molecule has 7 heteroatoms. The van der Waals surface area contributed by atoms with E-state index in [1.165, 1.54) is 0 Å². The summed E-state index contributed by atoms with van der Waals surface area (Å²) in [5, 5.41) is 0.684. The third kappa shape index (κ3) is 2.33. The van der Waals surface area contributed by atoms with Gasteiger partial charge in [0.25, 0.3) is 0 Å². The number of halogens is 1. The van der Waals surface area contributed by atoms with E-state index in [1.54, 1.807) is 0 Å². The summed E-state index contributed by atoms with van der Waals surface area (Å²) in [6, 6.07) is 5.83. The van der Waals surface area contributed by atoms with E-state index in [9.17, 15) is 8.42 Å². The highest BCUT2D eigenvalue weighted by atomic mass is 79.9. The second-order valence-electron chi connectivity index (χ2n) is 5.10. The summed E-state index contributed by atoms with van der Waals surface area (Å²) in [7, 11) is -2.91. The predicted molar refractivity (Wildman–Crippen MR) is 83.3 cm³/mol. The first-order valence-electron chi connectivity index (χ1n) is 6.51. The predicted octanol–water partition coefficient (Wildman–Crippen LogP) is 1.85. The van der Waals surface area contributed by atoms with Crippen LogP contribution in [0.4, 0.5) is 5.82 Å². The second kappa shape index (κ2) is 5.04. The van der Waals surface area contributed by atoms with E-state index >= 15 is 0 Å². The van der Waals surface area contributed by atoms with Gasteiger partial charge in [-0.3, -0.25) is 0 Å². The van der Waals surface area contributed by atoms with Gasteiger partial charge in [0.1, 0.15) is 5.65 Å². The van der Waals surface area contributed by atoms with Crippen LogP contribution in [0, 0.1) is 0 Å². The van der Waals surface area contributed by atoms with E-state index in [2.05, 4.69) is 25.8 Å². The Hall–Kier alpha value is -1.08. The molecule has 1 aliphatic heterocycles. The molecule has 1 fully saturated rings. The molecule has 0 amide bonds. The number of imidazole rings is 1. The maximum Gasteiger partial charge on any atom is 0.154 e. The van der Waals surface area contributed by atoms with Crippen molar-refractivity contribution in [2.24, 2.45) is 0 Å². The Morgan fingerprint density at radius 3 is 2.95 bits per heavy atom. The summed E-state index contributed by atoms with van der Waals surface area (Å²) in [6.07, 6.45) is 1.98. The molecule has 0 N–H and O–H groups in total. The van der Waals surface area contributed by atoms with E-state index in [1.807, 2.05) is 35.7 Å². The van der Waals surface area contributed by atoms with Gasteiger partial charge in [-0.15, -0.1) is 0 Å². The van der Waals surface area contributed by atoms with E-state index in [-0.39, 0.29) is 17.5 Å². The number of aromatic nitrogens is 2. The average Bonchev–Trinajstić information content (AvgIpc) is 2.75. The lowest BCUT2D eigenvalue weighted by Gasteiger charge is -2.33. The molecule has 1 atom stereocenters. The number of anilines is 1. The highest BCUT2D eigenvalue weighted by molar-refractivity contribution is 9.08. The van der Waals surface area contributed by atoms with Gasteiger partial charge in [-0.2, -0.15) is 0 Å². The normalized spacial score (nSPS) is 22.3. The summed E-state index contributed by atoms with van der Waals surface area (Å²) in [5.41, 5.74) is 1.95. The van der Waals surface area contributed by atoms with Crippen molar-refractivity contribution in [3.05, 3.63) is 30.1 Å². The number of nitrogens with zero attached hydrogens (tertiary/aromatic N) is 3. The molecule has 1 saturated heterocycles. The molecule has 0 spiro atoms. The van der Waals surface area contributed by atoms with Crippen molar-refractivity contribution >= 4 is 37.2 Å². The third-order valence-electron chi connectivity index (χ3n) is 3.68. The van der Waals surface area contributed by atoms with Gasteiger partial charge in [0, 0.05) is 24.1 Å². The van der Waals surface area contributed by atoms with Crippen LogP contribution in [-0.2, 0) is 15.2 Å². The minimum Gasteiger partial charge on any atom is -0.350 e. The molecule has 1 unspecified atom stereocenters. The van der Waals surface area contributed by atoms with Gasteiger partial charge in [-0.05, 0) is 19.1 Å². The second-order valence-corrected chi connectivity index (χ2v) is 7.89. The Bertz CT molecular complexity index is 741. The van der Waals surface area contributed by atoms with Crippen molar-refractivity contribution in [3.8, 4) is 0 Å². The summed E-state index contributed by atoms with van der Waals surface area (Å²) in [5.74, 6) is 1.28. The minimum atomic E-state index is -2.91. The van der Waals surface area contributed by atoms with Crippen LogP contribution in [0.2, 0.25) is 0 Å². The molecular weight excluding hydrogens is 342 g/mol. The zero-order valence-electron chi connectivity index (χ0n) is 11.2. The first kappa shape index (κ1) is 13.9. The van der Waals surface area contributed by atoms with Crippen molar-refractivity contribution in [2.45, 2.75) is 18.3 Å². The van der Waals surface area contributed by atoms with Crippen molar-refractivity contribution in [1.82, 2.24) is 9.38 Å². The zero-order valence-corrected chi connectivity index (χ0v) is 13.6. The van der Waals surface area contributed by atoms with Crippen LogP contribution in [0.15, 0.2) is 24.4 Å². The maximum atomic E-state index is 11.7. The fourth-order valence-electron chi connectivity index (χ4n) is 2.70. The van der Waals surface area contributed by atoms with E-state index in [0.717, 1.165) is 17.2 Å². The number of hydrogen-bond donors (Lipinski definition) is 0. The van der Waals surface area contributed by atoms with Gasteiger partial charge in [-0.1, -0.05) is 22.0 Å². The topological polar surface area (TPSA) is 54.7 Å². The fourth-order valence-corrected chi connectivity index (χ4v) is 4.78. The molecule has 0 bridgehead atoms. The Labute approximate surface area is 126 Å².